The molecule has 19 heavy (non-hydrogen) atoms. The van der Waals surface area contributed by atoms with Gasteiger partial charge < -0.3 is 10.6 Å². The maximum Gasteiger partial charge on any atom is 0.290 e. The van der Waals surface area contributed by atoms with Gasteiger partial charge in [0.15, 0.2) is 5.84 Å². The fraction of sp³-hybridized carbons (Fsp3) is 0.467. The highest BCUT2D eigenvalue weighted by Crippen LogP contribution is 2.11. The van der Waals surface area contributed by atoms with Gasteiger partial charge in [-0.15, -0.1) is 0 Å². The van der Waals surface area contributed by atoms with Crippen LogP contribution >= 0.6 is 0 Å². The van der Waals surface area contributed by atoms with E-state index in [2.05, 4.69) is 34.7 Å². The zero-order chi connectivity index (χ0) is 13.5. The Kier molecular flexibility index (Phi) is 4.95. The van der Waals surface area contributed by atoms with E-state index >= 15 is 0 Å². The van der Waals surface area contributed by atoms with E-state index in [0.717, 1.165) is 31.6 Å². The van der Waals surface area contributed by atoms with E-state index in [9.17, 15) is 4.79 Å². The van der Waals surface area contributed by atoms with Crippen molar-refractivity contribution < 1.29 is 4.79 Å². The molecule has 1 amide bonds. The topological polar surface area (TPSA) is 53.5 Å². The van der Waals surface area contributed by atoms with E-state index in [1.165, 1.54) is 18.4 Å². The molecule has 0 fully saturated rings. The standard InChI is InChI=1S/C15H21N3O/c1-2-3-5-12-6-8-13(9-7-12)18-15(19)14-16-10-4-11-17-14/h6-9H,2-5,10-11H2,1H3,(H,16,17)(H,18,19). The lowest BCUT2D eigenvalue weighted by atomic mass is 10.1. The summed E-state index contributed by atoms with van der Waals surface area (Å²) in [6.07, 6.45) is 4.48. The molecule has 0 spiro atoms. The summed E-state index contributed by atoms with van der Waals surface area (Å²) in [5, 5.41) is 5.88. The number of hydrogen-bond donors (Lipinski definition) is 2. The molecular weight excluding hydrogens is 238 g/mol. The zero-order valence-electron chi connectivity index (χ0n) is 11.4. The smallest absolute Gasteiger partial charge is 0.290 e. The van der Waals surface area contributed by atoms with Crippen molar-refractivity contribution in [2.24, 2.45) is 4.99 Å². The Bertz CT molecular complexity index is 451. The van der Waals surface area contributed by atoms with Crippen molar-refractivity contribution in [3.8, 4) is 0 Å². The van der Waals surface area contributed by atoms with Gasteiger partial charge in [0.25, 0.3) is 5.91 Å². The molecule has 1 aromatic carbocycles. The Morgan fingerprint density at radius 1 is 1.37 bits per heavy atom. The fourth-order valence-electron chi connectivity index (χ4n) is 2.01. The molecule has 0 atom stereocenters. The van der Waals surface area contributed by atoms with Crippen molar-refractivity contribution in [2.75, 3.05) is 18.4 Å². The van der Waals surface area contributed by atoms with Gasteiger partial charge in [0.05, 0.1) is 0 Å². The maximum absolute atomic E-state index is 11.9. The lowest BCUT2D eigenvalue weighted by molar-refractivity contribution is -0.110. The number of carbonyl (C=O) groups is 1. The van der Waals surface area contributed by atoms with Crippen LogP contribution in [0.2, 0.25) is 0 Å². The second-order valence-corrected chi connectivity index (χ2v) is 4.77. The zero-order valence-corrected chi connectivity index (χ0v) is 11.4. The number of amidine groups is 1. The predicted octanol–water partition coefficient (Wildman–Crippen LogP) is 2.36. The molecule has 0 unspecified atom stereocenters. The van der Waals surface area contributed by atoms with Crippen molar-refractivity contribution in [2.45, 2.75) is 32.6 Å². The van der Waals surface area contributed by atoms with Gasteiger partial charge in [0.2, 0.25) is 0 Å². The summed E-state index contributed by atoms with van der Waals surface area (Å²) in [6, 6.07) is 8.04. The number of hydrogen-bond acceptors (Lipinski definition) is 3. The number of benzene rings is 1. The summed E-state index contributed by atoms with van der Waals surface area (Å²) in [5.74, 6) is 0.294. The van der Waals surface area contributed by atoms with Crippen LogP contribution < -0.4 is 10.6 Å². The van der Waals surface area contributed by atoms with Gasteiger partial charge >= 0.3 is 0 Å². The molecule has 2 N–H and O–H groups in total. The molecule has 0 bridgehead atoms. The molecule has 102 valence electrons. The summed E-state index contributed by atoms with van der Waals surface area (Å²) in [6.45, 7) is 3.74. The molecule has 4 nitrogen and oxygen atoms in total. The Labute approximate surface area is 114 Å². The number of nitrogens with zero attached hydrogens (tertiary/aromatic N) is 1. The molecule has 0 saturated heterocycles. The minimum absolute atomic E-state index is 0.152. The monoisotopic (exact) mass is 259 g/mol. The first-order valence-corrected chi connectivity index (χ1v) is 6.98. The van der Waals surface area contributed by atoms with Gasteiger partial charge in [-0.25, -0.2) is 0 Å². The van der Waals surface area contributed by atoms with Crippen LogP contribution in [0, 0.1) is 0 Å². The minimum Gasteiger partial charge on any atom is -0.366 e. The number of carbonyl (C=O) groups excluding carboxylic acids is 1. The summed E-state index contributed by atoms with van der Waals surface area (Å²) >= 11 is 0. The van der Waals surface area contributed by atoms with Crippen molar-refractivity contribution >= 4 is 17.4 Å². The second-order valence-electron chi connectivity index (χ2n) is 4.77. The van der Waals surface area contributed by atoms with Gasteiger partial charge in [-0.05, 0) is 37.0 Å². The molecular formula is C15H21N3O. The molecule has 1 aliphatic heterocycles. The quantitative estimate of drug-likeness (QED) is 0.853. The predicted molar refractivity (Wildman–Crippen MR) is 78.6 cm³/mol. The highest BCUT2D eigenvalue weighted by Gasteiger charge is 2.13. The summed E-state index contributed by atoms with van der Waals surface area (Å²) in [7, 11) is 0. The van der Waals surface area contributed by atoms with E-state index in [4.69, 9.17) is 0 Å². The number of amides is 1. The van der Waals surface area contributed by atoms with Crippen LogP contribution in [-0.4, -0.2) is 24.8 Å². The number of rotatable bonds is 5. The van der Waals surface area contributed by atoms with Crippen LogP contribution in [0.5, 0.6) is 0 Å². The third kappa shape index (κ3) is 4.09. The van der Waals surface area contributed by atoms with Gasteiger partial charge in [0, 0.05) is 18.8 Å². The molecule has 1 heterocycles. The summed E-state index contributed by atoms with van der Waals surface area (Å²) in [5.41, 5.74) is 2.13. The molecule has 1 aliphatic rings. The van der Waals surface area contributed by atoms with Gasteiger partial charge in [0.1, 0.15) is 0 Å². The van der Waals surface area contributed by atoms with Crippen LogP contribution in [0.3, 0.4) is 0 Å². The van der Waals surface area contributed by atoms with E-state index in [1.807, 2.05) is 12.1 Å². The Hall–Kier alpha value is -1.84. The largest absolute Gasteiger partial charge is 0.366 e. The lowest BCUT2D eigenvalue weighted by Crippen LogP contribution is -2.39. The number of anilines is 1. The molecule has 0 radical (unpaired) electrons. The molecule has 1 aromatic rings. The van der Waals surface area contributed by atoms with E-state index in [-0.39, 0.29) is 5.91 Å². The van der Waals surface area contributed by atoms with Crippen LogP contribution in [-0.2, 0) is 11.2 Å². The van der Waals surface area contributed by atoms with Gasteiger partial charge in [-0.1, -0.05) is 25.5 Å². The highest BCUT2D eigenvalue weighted by atomic mass is 16.2. The van der Waals surface area contributed by atoms with Crippen molar-refractivity contribution in [3.63, 3.8) is 0 Å². The first-order valence-electron chi connectivity index (χ1n) is 6.98. The molecule has 0 saturated carbocycles. The Morgan fingerprint density at radius 3 is 2.79 bits per heavy atom. The average molecular weight is 259 g/mol. The van der Waals surface area contributed by atoms with Crippen LogP contribution in [0.15, 0.2) is 29.3 Å². The first-order chi connectivity index (χ1) is 9.29. The Balaban J connectivity index is 1.91. The van der Waals surface area contributed by atoms with E-state index in [1.54, 1.807) is 0 Å². The molecule has 0 aromatic heterocycles. The summed E-state index contributed by atoms with van der Waals surface area (Å²) in [4.78, 5) is 16.1. The molecule has 4 heteroatoms. The molecule has 2 rings (SSSR count). The number of unbranched alkanes of at least 4 members (excludes halogenated alkanes) is 1. The summed E-state index contributed by atoms with van der Waals surface area (Å²) < 4.78 is 0. The van der Waals surface area contributed by atoms with Crippen LogP contribution in [0.1, 0.15) is 31.7 Å². The van der Waals surface area contributed by atoms with Crippen LogP contribution in [0.25, 0.3) is 0 Å². The van der Waals surface area contributed by atoms with Crippen LogP contribution in [0.4, 0.5) is 5.69 Å². The SMILES string of the molecule is CCCCc1ccc(NC(=O)C2=NCCCN2)cc1. The second kappa shape index (κ2) is 6.92. The van der Waals surface area contributed by atoms with Gasteiger partial charge in [-0.2, -0.15) is 0 Å². The van der Waals surface area contributed by atoms with E-state index in [0.29, 0.717) is 5.84 Å². The van der Waals surface area contributed by atoms with Crippen molar-refractivity contribution in [3.05, 3.63) is 29.8 Å². The average Bonchev–Trinajstić information content (AvgIpc) is 2.47. The lowest BCUT2D eigenvalue weighted by Gasteiger charge is -2.14. The fourth-order valence-corrected chi connectivity index (χ4v) is 2.01. The first kappa shape index (κ1) is 13.6. The maximum atomic E-state index is 11.9. The van der Waals surface area contributed by atoms with Crippen molar-refractivity contribution in [1.82, 2.24) is 5.32 Å². The third-order valence-electron chi connectivity index (χ3n) is 3.14. The normalized spacial score (nSPS) is 14.5. The number of aryl methyl sites for hydroxylation is 1. The Morgan fingerprint density at radius 2 is 2.16 bits per heavy atom. The van der Waals surface area contributed by atoms with Crippen molar-refractivity contribution in [1.29, 1.82) is 0 Å². The molecule has 0 aliphatic carbocycles. The van der Waals surface area contributed by atoms with E-state index < -0.39 is 0 Å². The number of aliphatic imine (C=N–C) groups is 1. The minimum atomic E-state index is -0.152. The third-order valence-corrected chi connectivity index (χ3v) is 3.14. The van der Waals surface area contributed by atoms with Gasteiger partial charge in [-0.3, -0.25) is 9.79 Å². The highest BCUT2D eigenvalue weighted by molar-refractivity contribution is 6.42. The number of nitrogens with one attached hydrogen (secondary N) is 2.